The molecule has 0 spiro atoms. The minimum Gasteiger partial charge on any atom is -0.312 e. The molecule has 0 saturated carbocycles. The van der Waals surface area contributed by atoms with Crippen molar-refractivity contribution < 1.29 is 4.39 Å². The summed E-state index contributed by atoms with van der Waals surface area (Å²) in [6, 6.07) is 4.73. The number of hydrogen-bond acceptors (Lipinski definition) is 1. The van der Waals surface area contributed by atoms with Crippen molar-refractivity contribution in [2.75, 3.05) is 11.0 Å². The Morgan fingerprint density at radius 1 is 1.46 bits per heavy atom. The van der Waals surface area contributed by atoms with Crippen LogP contribution in [-0.2, 0) is 6.54 Å². The Bertz CT molecular complexity index is 260. The lowest BCUT2D eigenvalue weighted by molar-refractivity contribution is 0.594. The highest BCUT2D eigenvalue weighted by Crippen LogP contribution is 2.18. The van der Waals surface area contributed by atoms with Crippen LogP contribution in [-0.4, -0.2) is 11.0 Å². The molecule has 0 aliphatic rings. The fourth-order valence-electron chi connectivity index (χ4n) is 0.981. The first-order valence-corrected chi connectivity index (χ1v) is 5.85. The number of hydrogen-bond donors (Lipinski definition) is 1. The molecule has 0 bridgehead atoms. The third kappa shape index (κ3) is 3.40. The quantitative estimate of drug-likeness (QED) is 0.512. The first kappa shape index (κ1) is 11.2. The molecule has 4 heteroatoms. The van der Waals surface area contributed by atoms with Crippen LogP contribution in [0.4, 0.5) is 4.39 Å². The Hall–Kier alpha value is 0.130. The molecule has 0 saturated heterocycles. The third-order valence-electron chi connectivity index (χ3n) is 1.63. The van der Waals surface area contributed by atoms with Crippen molar-refractivity contribution in [1.29, 1.82) is 0 Å². The zero-order valence-corrected chi connectivity index (χ0v) is 9.90. The predicted octanol–water partition coefficient (Wildman–Crippen LogP) is 3.00. The van der Waals surface area contributed by atoms with Gasteiger partial charge in [0, 0.05) is 28.1 Å². The Balaban J connectivity index is 2.64. The van der Waals surface area contributed by atoms with Crippen molar-refractivity contribution in [2.45, 2.75) is 6.54 Å². The number of benzene rings is 1. The Morgan fingerprint density at radius 2 is 2.23 bits per heavy atom. The van der Waals surface area contributed by atoms with Crippen LogP contribution in [0.5, 0.6) is 0 Å². The zero-order valence-electron chi connectivity index (χ0n) is 6.99. The molecule has 72 valence electrons. The van der Waals surface area contributed by atoms with E-state index in [1.54, 1.807) is 12.1 Å². The van der Waals surface area contributed by atoms with E-state index in [0.717, 1.165) is 11.0 Å². The molecule has 0 heterocycles. The molecule has 1 aromatic rings. The second-order valence-electron chi connectivity index (χ2n) is 2.57. The standard InChI is InChI=1S/C9H10ClFIN/c10-8-2-1-3-9(11)7(8)6-13-5-4-12/h1-3,13H,4-6H2. The van der Waals surface area contributed by atoms with Gasteiger partial charge < -0.3 is 5.32 Å². The van der Waals surface area contributed by atoms with Gasteiger partial charge in [0.2, 0.25) is 0 Å². The van der Waals surface area contributed by atoms with Gasteiger partial charge in [-0.3, -0.25) is 0 Å². The molecule has 1 nitrogen and oxygen atoms in total. The zero-order chi connectivity index (χ0) is 9.68. The van der Waals surface area contributed by atoms with E-state index in [1.165, 1.54) is 6.07 Å². The lowest BCUT2D eigenvalue weighted by Gasteiger charge is -2.05. The van der Waals surface area contributed by atoms with E-state index in [-0.39, 0.29) is 5.82 Å². The van der Waals surface area contributed by atoms with Crippen molar-refractivity contribution >= 4 is 34.2 Å². The van der Waals surface area contributed by atoms with Crippen LogP contribution >= 0.6 is 34.2 Å². The summed E-state index contributed by atoms with van der Waals surface area (Å²) in [6.45, 7) is 1.36. The Kier molecular flexibility index (Phi) is 4.98. The third-order valence-corrected chi connectivity index (χ3v) is 2.53. The summed E-state index contributed by atoms with van der Waals surface area (Å²) in [5.41, 5.74) is 0.550. The molecule has 0 fully saturated rings. The molecule has 0 amide bonds. The van der Waals surface area contributed by atoms with Crippen molar-refractivity contribution in [1.82, 2.24) is 5.32 Å². The number of alkyl halides is 1. The second kappa shape index (κ2) is 5.78. The lowest BCUT2D eigenvalue weighted by atomic mass is 10.2. The van der Waals surface area contributed by atoms with Crippen LogP contribution in [0.25, 0.3) is 0 Å². The van der Waals surface area contributed by atoms with Gasteiger partial charge in [0.25, 0.3) is 0 Å². The largest absolute Gasteiger partial charge is 0.312 e. The van der Waals surface area contributed by atoms with Gasteiger partial charge in [-0.05, 0) is 12.1 Å². The molecule has 1 aromatic carbocycles. The van der Waals surface area contributed by atoms with Crippen LogP contribution in [0.2, 0.25) is 5.02 Å². The van der Waals surface area contributed by atoms with Gasteiger partial charge in [-0.15, -0.1) is 0 Å². The van der Waals surface area contributed by atoms with Crippen molar-refractivity contribution in [3.63, 3.8) is 0 Å². The summed E-state index contributed by atoms with van der Waals surface area (Å²) in [5.74, 6) is -0.242. The van der Waals surface area contributed by atoms with E-state index >= 15 is 0 Å². The SMILES string of the molecule is Fc1cccc(Cl)c1CNCCI. The molecule has 13 heavy (non-hydrogen) atoms. The predicted molar refractivity (Wildman–Crippen MR) is 62.0 cm³/mol. The number of nitrogens with one attached hydrogen (secondary N) is 1. The summed E-state index contributed by atoms with van der Waals surface area (Å²) < 4.78 is 14.2. The van der Waals surface area contributed by atoms with Crippen LogP contribution in [0.3, 0.4) is 0 Å². The summed E-state index contributed by atoms with van der Waals surface area (Å²) in [5, 5.41) is 3.59. The smallest absolute Gasteiger partial charge is 0.129 e. The summed E-state index contributed by atoms with van der Waals surface area (Å²) in [4.78, 5) is 0. The van der Waals surface area contributed by atoms with E-state index in [9.17, 15) is 4.39 Å². The molecule has 0 aliphatic heterocycles. The van der Waals surface area contributed by atoms with Crippen LogP contribution in [0.15, 0.2) is 18.2 Å². The van der Waals surface area contributed by atoms with Crippen molar-refractivity contribution in [3.05, 3.63) is 34.6 Å². The summed E-state index contributed by atoms with van der Waals surface area (Å²) in [7, 11) is 0. The van der Waals surface area contributed by atoms with E-state index in [4.69, 9.17) is 11.6 Å². The van der Waals surface area contributed by atoms with Gasteiger partial charge in [0.05, 0.1) is 0 Å². The van der Waals surface area contributed by atoms with E-state index in [0.29, 0.717) is 17.1 Å². The molecular formula is C9H10ClFIN. The summed E-state index contributed by atoms with van der Waals surface area (Å²) in [6.07, 6.45) is 0. The molecule has 0 unspecified atom stereocenters. The average molecular weight is 314 g/mol. The highest BCUT2D eigenvalue weighted by Gasteiger charge is 2.04. The number of halogens is 3. The average Bonchev–Trinajstić information content (AvgIpc) is 2.10. The first-order chi connectivity index (χ1) is 6.25. The van der Waals surface area contributed by atoms with Gasteiger partial charge in [0.1, 0.15) is 5.82 Å². The van der Waals surface area contributed by atoms with E-state index < -0.39 is 0 Å². The second-order valence-corrected chi connectivity index (χ2v) is 4.05. The lowest BCUT2D eigenvalue weighted by Crippen LogP contribution is -2.16. The maximum Gasteiger partial charge on any atom is 0.129 e. The Morgan fingerprint density at radius 3 is 2.85 bits per heavy atom. The highest BCUT2D eigenvalue weighted by atomic mass is 127. The van der Waals surface area contributed by atoms with E-state index in [1.807, 2.05) is 0 Å². The van der Waals surface area contributed by atoms with E-state index in [2.05, 4.69) is 27.9 Å². The summed E-state index contributed by atoms with van der Waals surface area (Å²) >= 11 is 8.08. The molecule has 0 radical (unpaired) electrons. The van der Waals surface area contributed by atoms with Gasteiger partial charge in [-0.2, -0.15) is 0 Å². The Labute approximate surface area is 95.8 Å². The topological polar surface area (TPSA) is 12.0 Å². The fraction of sp³-hybridized carbons (Fsp3) is 0.333. The van der Waals surface area contributed by atoms with Crippen molar-refractivity contribution in [2.24, 2.45) is 0 Å². The van der Waals surface area contributed by atoms with Crippen LogP contribution in [0.1, 0.15) is 5.56 Å². The molecule has 0 atom stereocenters. The normalized spacial score (nSPS) is 10.4. The number of rotatable bonds is 4. The maximum absolute atomic E-state index is 13.2. The molecule has 1 rings (SSSR count). The maximum atomic E-state index is 13.2. The van der Waals surface area contributed by atoms with Gasteiger partial charge in [-0.1, -0.05) is 40.3 Å². The monoisotopic (exact) mass is 313 g/mol. The van der Waals surface area contributed by atoms with Crippen LogP contribution in [0, 0.1) is 5.82 Å². The van der Waals surface area contributed by atoms with Gasteiger partial charge in [-0.25, -0.2) is 4.39 Å². The molecule has 1 N–H and O–H groups in total. The first-order valence-electron chi connectivity index (χ1n) is 3.95. The minimum atomic E-state index is -0.242. The highest BCUT2D eigenvalue weighted by molar-refractivity contribution is 14.1. The van der Waals surface area contributed by atoms with Gasteiger partial charge in [0.15, 0.2) is 0 Å². The van der Waals surface area contributed by atoms with Crippen LogP contribution < -0.4 is 5.32 Å². The van der Waals surface area contributed by atoms with Gasteiger partial charge >= 0.3 is 0 Å². The fourth-order valence-corrected chi connectivity index (χ4v) is 1.59. The molecule has 0 aromatic heterocycles. The minimum absolute atomic E-state index is 0.242. The molecular weight excluding hydrogens is 303 g/mol. The van der Waals surface area contributed by atoms with Crippen molar-refractivity contribution in [3.8, 4) is 0 Å². The molecule has 0 aliphatic carbocycles.